The third-order valence-corrected chi connectivity index (χ3v) is 21.1. The van der Waals surface area contributed by atoms with E-state index in [9.17, 15) is 0 Å². The normalized spacial score (nSPS) is 14.1. The molecule has 1 aromatic heterocycles. The summed E-state index contributed by atoms with van der Waals surface area (Å²) in [5, 5.41) is 1.35. The molecule has 2 aliphatic heterocycles. The summed E-state index contributed by atoms with van der Waals surface area (Å²) in [7, 11) is 0. The van der Waals surface area contributed by atoms with Crippen LogP contribution in [0.1, 0.15) is 0 Å². The van der Waals surface area contributed by atoms with E-state index in [0.717, 1.165) is 0 Å². The van der Waals surface area contributed by atoms with Crippen molar-refractivity contribution in [3.8, 4) is 50.3 Å². The number of allylic oxidation sites excluding steroid dienone is 3. The van der Waals surface area contributed by atoms with Crippen LogP contribution >= 0.6 is 40.6 Å². The molecular formula is C43H29I2N. The van der Waals surface area contributed by atoms with Gasteiger partial charge in [0.15, 0.2) is 0 Å². The molecular weight excluding hydrogens is 784 g/mol. The number of rotatable bonds is 5. The Morgan fingerprint density at radius 1 is 0.500 bits per heavy atom. The molecule has 0 aliphatic carbocycles. The second-order valence-electron chi connectivity index (χ2n) is 11.4. The van der Waals surface area contributed by atoms with E-state index < -0.39 is 19.8 Å². The summed E-state index contributed by atoms with van der Waals surface area (Å²) in [6, 6.07) is 55.9. The summed E-state index contributed by atoms with van der Waals surface area (Å²) < 4.78 is 10.1. The van der Waals surface area contributed by atoms with E-state index in [2.05, 4.69) is 179 Å². The molecule has 0 saturated heterocycles. The van der Waals surface area contributed by atoms with E-state index in [-0.39, 0.29) is 20.7 Å². The van der Waals surface area contributed by atoms with E-state index in [1.54, 1.807) is 8.66 Å². The summed E-state index contributed by atoms with van der Waals surface area (Å²) in [5.74, 6) is 0. The Balaban J connectivity index is 1.42. The second kappa shape index (κ2) is 11.8. The van der Waals surface area contributed by atoms with Crippen LogP contribution in [-0.2, 0) is 0 Å². The minimum absolute atomic E-state index is 0.141. The molecule has 1 nitrogen and oxygen atoms in total. The quantitative estimate of drug-likeness (QED) is 0.153. The predicted octanol–water partition coefficient (Wildman–Crippen LogP) is 12.3. The van der Waals surface area contributed by atoms with Crippen molar-refractivity contribution in [1.82, 2.24) is 4.57 Å². The molecule has 2 aliphatic rings. The van der Waals surface area contributed by atoms with E-state index in [0.29, 0.717) is 0 Å². The van der Waals surface area contributed by atoms with Crippen molar-refractivity contribution in [3.63, 3.8) is 0 Å². The third-order valence-electron chi connectivity index (χ3n) is 8.65. The molecule has 3 heteroatoms. The first-order valence-corrected chi connectivity index (χ1v) is 21.0. The van der Waals surface area contributed by atoms with Crippen LogP contribution in [0.3, 0.4) is 0 Å². The summed E-state index contributed by atoms with van der Waals surface area (Å²) in [6.45, 7) is 0. The van der Waals surface area contributed by atoms with Gasteiger partial charge in [-0.3, -0.25) is 0 Å². The molecule has 0 amide bonds. The van der Waals surface area contributed by atoms with Crippen molar-refractivity contribution in [2.45, 2.75) is 0 Å². The van der Waals surface area contributed by atoms with Crippen molar-refractivity contribution in [2.24, 2.45) is 0 Å². The molecule has 220 valence electrons. The number of aromatic nitrogens is 1. The van der Waals surface area contributed by atoms with Crippen LogP contribution in [0.2, 0.25) is 0 Å². The minimum atomic E-state index is -1.51. The predicted molar refractivity (Wildman–Crippen MR) is 214 cm³/mol. The zero-order valence-corrected chi connectivity index (χ0v) is 29.3. The standard InChI is InChI=1S/C43H29I2N/c1-5-15-30(16-6-1)34-25-35(31-17-7-2-8-18-31)27-36(26-34)46-40-29-39-38(44-41-23-13-14-24-45(39)41)28-37(40)42(32-19-9-3-10-20-32)43(46)33-21-11-4-12-22-33/h1-29H. The molecule has 7 aromatic rings. The first kappa shape index (κ1) is 27.9. The van der Waals surface area contributed by atoms with Gasteiger partial charge in [-0.05, 0) is 0 Å². The Labute approximate surface area is 286 Å². The van der Waals surface area contributed by atoms with Crippen LogP contribution < -0.4 is 0 Å². The van der Waals surface area contributed by atoms with Crippen LogP contribution in [0, 0.1) is 7.14 Å². The number of hydrogen-bond acceptors (Lipinski definition) is 0. The average molecular weight is 814 g/mol. The van der Waals surface area contributed by atoms with Gasteiger partial charge in [-0.2, -0.15) is 0 Å². The molecule has 3 heterocycles. The van der Waals surface area contributed by atoms with Crippen molar-refractivity contribution in [1.29, 1.82) is 0 Å². The number of benzene rings is 6. The van der Waals surface area contributed by atoms with E-state index in [1.807, 2.05) is 0 Å². The van der Waals surface area contributed by atoms with Gasteiger partial charge in [0, 0.05) is 0 Å². The number of fused-ring (bicyclic) bond motifs is 4. The molecule has 0 spiro atoms. The Morgan fingerprint density at radius 2 is 1.07 bits per heavy atom. The average Bonchev–Trinajstić information content (AvgIpc) is 3.67. The number of nitrogens with zero attached hydrogens (tertiary/aromatic N) is 1. The molecule has 0 fully saturated rings. The Bertz CT molecular complexity index is 2270. The van der Waals surface area contributed by atoms with Gasteiger partial charge < -0.3 is 0 Å². The van der Waals surface area contributed by atoms with Gasteiger partial charge >= 0.3 is 289 Å². The van der Waals surface area contributed by atoms with Crippen LogP contribution in [0.4, 0.5) is 0 Å². The molecule has 0 bridgehead atoms. The van der Waals surface area contributed by atoms with E-state index in [4.69, 9.17) is 0 Å². The molecule has 0 radical (unpaired) electrons. The Hall–Kier alpha value is -4.33. The Morgan fingerprint density at radius 3 is 1.67 bits per heavy atom. The van der Waals surface area contributed by atoms with Gasteiger partial charge in [-0.25, -0.2) is 0 Å². The molecule has 9 rings (SSSR count). The summed E-state index contributed by atoms with van der Waals surface area (Å²) in [5.41, 5.74) is 12.4. The molecule has 0 saturated carbocycles. The monoisotopic (exact) mass is 813 g/mol. The fraction of sp³-hybridized carbons (Fsp3) is 0. The molecule has 0 unspecified atom stereocenters. The van der Waals surface area contributed by atoms with Crippen LogP contribution in [0.5, 0.6) is 0 Å². The fourth-order valence-electron chi connectivity index (χ4n) is 6.58. The first-order chi connectivity index (χ1) is 22.8. The van der Waals surface area contributed by atoms with Gasteiger partial charge in [0.2, 0.25) is 0 Å². The van der Waals surface area contributed by atoms with Gasteiger partial charge in [-0.1, -0.05) is 0 Å². The van der Waals surface area contributed by atoms with Crippen LogP contribution in [-0.4, -0.2) is 6.08 Å². The SMILES string of the molecule is C1=CC2=Ic3cc4c(-c5ccccc5)c(-c5ccccc5)n(-c5cc(-c6ccccc6)cc(-c6ccccc6)c5)c4cc3I2C=C1. The van der Waals surface area contributed by atoms with Crippen LogP contribution in [0.25, 0.3) is 61.2 Å². The summed E-state index contributed by atoms with van der Waals surface area (Å²) in [6.07, 6.45) is 6.97. The molecule has 46 heavy (non-hydrogen) atoms. The molecule has 6 aromatic carbocycles. The van der Waals surface area contributed by atoms with Crippen molar-refractivity contribution in [2.75, 3.05) is 0 Å². The molecule has 0 N–H and O–H groups in total. The first-order valence-electron chi connectivity index (χ1n) is 15.5. The summed E-state index contributed by atoms with van der Waals surface area (Å²) in [4.78, 5) is 0. The third kappa shape index (κ3) is 4.84. The summed E-state index contributed by atoms with van der Waals surface area (Å²) >= 11 is -1.65. The zero-order valence-electron chi connectivity index (χ0n) is 24.9. The topological polar surface area (TPSA) is 4.93 Å². The fourth-order valence-corrected chi connectivity index (χ4v) is 20.0. The Kier molecular flexibility index (Phi) is 7.16. The van der Waals surface area contributed by atoms with Crippen molar-refractivity contribution >= 4 is 53.0 Å². The van der Waals surface area contributed by atoms with Crippen LogP contribution in [0.15, 0.2) is 174 Å². The zero-order chi connectivity index (χ0) is 30.5. The van der Waals surface area contributed by atoms with Gasteiger partial charge in [0.1, 0.15) is 0 Å². The maximum atomic E-state index is 2.59. The number of halogens is 2. The van der Waals surface area contributed by atoms with Gasteiger partial charge in [-0.15, -0.1) is 0 Å². The van der Waals surface area contributed by atoms with Gasteiger partial charge in [0.25, 0.3) is 0 Å². The van der Waals surface area contributed by atoms with Crippen molar-refractivity contribution < 1.29 is 0 Å². The van der Waals surface area contributed by atoms with E-state index >= 15 is 0 Å². The van der Waals surface area contributed by atoms with E-state index in [1.165, 1.54) is 61.2 Å². The molecule has 0 atom stereocenters. The maximum absolute atomic E-state index is 2.59. The second-order valence-corrected chi connectivity index (χ2v) is 21.2. The van der Waals surface area contributed by atoms with Gasteiger partial charge in [0.05, 0.1) is 0 Å². The number of hydrogen-bond donors (Lipinski definition) is 0. The van der Waals surface area contributed by atoms with Crippen molar-refractivity contribution in [3.05, 3.63) is 181 Å².